The first-order valence-electron chi connectivity index (χ1n) is 8.64. The van der Waals surface area contributed by atoms with Crippen LogP contribution >= 0.6 is 0 Å². The van der Waals surface area contributed by atoms with Crippen LogP contribution in [0.5, 0.6) is 0 Å². The lowest BCUT2D eigenvalue weighted by molar-refractivity contribution is -0.957. The first kappa shape index (κ1) is 17.2. The predicted molar refractivity (Wildman–Crippen MR) is 89.8 cm³/mol. The molecule has 0 aliphatic rings. The van der Waals surface area contributed by atoms with Gasteiger partial charge in [0.05, 0.1) is 19.6 Å². The van der Waals surface area contributed by atoms with Gasteiger partial charge < -0.3 is 4.48 Å². The van der Waals surface area contributed by atoms with Crippen LogP contribution in [0.25, 0.3) is 0 Å². The van der Waals surface area contributed by atoms with Crippen LogP contribution in [0.4, 0.5) is 0 Å². The van der Waals surface area contributed by atoms with E-state index in [1.165, 1.54) is 56.2 Å². The van der Waals surface area contributed by atoms with Crippen molar-refractivity contribution in [2.45, 2.75) is 65.8 Å². The third-order valence-corrected chi connectivity index (χ3v) is 4.41. The van der Waals surface area contributed by atoms with Gasteiger partial charge in [-0.1, -0.05) is 64.4 Å². The van der Waals surface area contributed by atoms with Crippen molar-refractivity contribution in [1.82, 2.24) is 0 Å². The highest BCUT2D eigenvalue weighted by atomic mass is 15.4. The molecule has 0 amide bonds. The van der Waals surface area contributed by atoms with Crippen LogP contribution in [0.3, 0.4) is 0 Å². The van der Waals surface area contributed by atoms with Crippen LogP contribution in [0.15, 0.2) is 30.3 Å². The zero-order valence-electron chi connectivity index (χ0n) is 14.1. The van der Waals surface area contributed by atoms with Crippen molar-refractivity contribution in [2.75, 3.05) is 19.6 Å². The van der Waals surface area contributed by atoms with Crippen molar-refractivity contribution < 1.29 is 4.48 Å². The van der Waals surface area contributed by atoms with Crippen molar-refractivity contribution in [3.63, 3.8) is 0 Å². The van der Waals surface area contributed by atoms with Gasteiger partial charge in [0.25, 0.3) is 0 Å². The quantitative estimate of drug-likeness (QED) is 0.490. The van der Waals surface area contributed by atoms with E-state index in [0.717, 1.165) is 0 Å². The second kappa shape index (κ2) is 9.18. The fraction of sp³-hybridized carbons (Fsp3) is 0.684. The minimum Gasteiger partial charge on any atom is -0.317 e. The molecule has 0 N–H and O–H groups in total. The molecular weight excluding hydrogens is 242 g/mol. The summed E-state index contributed by atoms with van der Waals surface area (Å²) in [6.07, 6.45) is 6.44. The molecule has 1 heteroatoms. The summed E-state index contributed by atoms with van der Waals surface area (Å²) in [5.41, 5.74) is 1.55. The Bertz CT molecular complexity index is 327. The minimum atomic E-state index is 0.682. The van der Waals surface area contributed by atoms with Crippen molar-refractivity contribution in [3.05, 3.63) is 35.9 Å². The Kier molecular flexibility index (Phi) is 7.91. The maximum Gasteiger partial charge on any atom is 0.115 e. The van der Waals surface area contributed by atoms with E-state index in [9.17, 15) is 0 Å². The molecule has 0 heterocycles. The van der Waals surface area contributed by atoms with Crippen LogP contribution in [0, 0.1) is 0 Å². The number of benzene rings is 1. The Morgan fingerprint density at radius 1 is 0.750 bits per heavy atom. The molecule has 1 aromatic rings. The van der Waals surface area contributed by atoms with Crippen LogP contribution in [0.1, 0.15) is 71.4 Å². The summed E-state index contributed by atoms with van der Waals surface area (Å²) < 4.78 is 1.29. The van der Waals surface area contributed by atoms with Gasteiger partial charge in [0.2, 0.25) is 0 Å². The summed E-state index contributed by atoms with van der Waals surface area (Å²) in [6, 6.07) is 11.9. The molecule has 1 rings (SSSR count). The molecule has 0 saturated heterocycles. The van der Waals surface area contributed by atoms with Crippen molar-refractivity contribution in [1.29, 1.82) is 0 Å². The van der Waals surface area contributed by atoms with E-state index in [2.05, 4.69) is 58.0 Å². The van der Waals surface area contributed by atoms with Crippen molar-refractivity contribution >= 4 is 0 Å². The van der Waals surface area contributed by atoms with Gasteiger partial charge in [-0.3, -0.25) is 0 Å². The average molecular weight is 276 g/mol. The molecule has 1 aromatic carbocycles. The van der Waals surface area contributed by atoms with Gasteiger partial charge in [0.1, 0.15) is 6.04 Å². The monoisotopic (exact) mass is 276 g/mol. The number of rotatable bonds is 10. The van der Waals surface area contributed by atoms with E-state index in [-0.39, 0.29) is 0 Å². The molecule has 1 atom stereocenters. The molecule has 20 heavy (non-hydrogen) atoms. The molecule has 114 valence electrons. The van der Waals surface area contributed by atoms with Crippen LogP contribution in [-0.2, 0) is 0 Å². The highest BCUT2D eigenvalue weighted by Gasteiger charge is 2.35. The third-order valence-electron chi connectivity index (χ3n) is 4.41. The van der Waals surface area contributed by atoms with Crippen molar-refractivity contribution in [2.24, 2.45) is 0 Å². The SMILES string of the molecule is CCCC(c1ccccc1)[N+](CCC)(CCC)CCC. The summed E-state index contributed by atoms with van der Waals surface area (Å²) in [7, 11) is 0. The molecule has 0 aromatic heterocycles. The zero-order valence-corrected chi connectivity index (χ0v) is 14.1. The lowest BCUT2D eigenvalue weighted by atomic mass is 9.96. The standard InChI is InChI=1S/C19H34N/c1-5-12-19(18-13-10-9-11-14-18)20(15-6-2,16-7-3)17-8-4/h9-11,13-14,19H,5-8,12,15-17H2,1-4H3/q+1. The minimum absolute atomic E-state index is 0.682. The molecule has 1 unspecified atom stereocenters. The number of nitrogens with zero attached hydrogens (tertiary/aromatic N) is 1. The van der Waals surface area contributed by atoms with E-state index in [1.807, 2.05) is 0 Å². The van der Waals surface area contributed by atoms with Gasteiger partial charge >= 0.3 is 0 Å². The van der Waals surface area contributed by atoms with Crippen LogP contribution in [-0.4, -0.2) is 24.1 Å². The number of hydrogen-bond donors (Lipinski definition) is 0. The van der Waals surface area contributed by atoms with E-state index in [0.29, 0.717) is 6.04 Å². The molecular formula is C19H34N+. The van der Waals surface area contributed by atoms with E-state index >= 15 is 0 Å². The zero-order chi connectivity index (χ0) is 14.8. The summed E-state index contributed by atoms with van der Waals surface area (Å²) in [5.74, 6) is 0. The first-order chi connectivity index (χ1) is 9.74. The number of hydrogen-bond acceptors (Lipinski definition) is 0. The highest BCUT2D eigenvalue weighted by molar-refractivity contribution is 5.17. The summed E-state index contributed by atoms with van der Waals surface area (Å²) in [4.78, 5) is 0. The Hall–Kier alpha value is -0.820. The van der Waals surface area contributed by atoms with E-state index in [1.54, 1.807) is 5.56 Å². The summed E-state index contributed by atoms with van der Waals surface area (Å²) in [5, 5.41) is 0. The Labute approximate surface area is 126 Å². The lowest BCUT2D eigenvalue weighted by Gasteiger charge is -2.45. The maximum absolute atomic E-state index is 2.34. The van der Waals surface area contributed by atoms with Gasteiger partial charge in [-0.2, -0.15) is 0 Å². The molecule has 0 spiro atoms. The van der Waals surface area contributed by atoms with Crippen LogP contribution < -0.4 is 0 Å². The van der Waals surface area contributed by atoms with Gasteiger partial charge in [0.15, 0.2) is 0 Å². The topological polar surface area (TPSA) is 0 Å². The summed E-state index contributed by atoms with van der Waals surface area (Å²) in [6.45, 7) is 13.3. The van der Waals surface area contributed by atoms with Crippen molar-refractivity contribution in [3.8, 4) is 0 Å². The Morgan fingerprint density at radius 2 is 1.25 bits per heavy atom. The van der Waals surface area contributed by atoms with Crippen LogP contribution in [0.2, 0.25) is 0 Å². The normalized spacial score (nSPS) is 13.4. The molecule has 0 aliphatic heterocycles. The smallest absolute Gasteiger partial charge is 0.115 e. The molecule has 0 radical (unpaired) electrons. The third kappa shape index (κ3) is 4.34. The maximum atomic E-state index is 2.34. The van der Waals surface area contributed by atoms with E-state index < -0.39 is 0 Å². The molecule has 0 saturated carbocycles. The van der Waals surface area contributed by atoms with E-state index in [4.69, 9.17) is 0 Å². The molecule has 1 nitrogen and oxygen atoms in total. The predicted octanol–water partition coefficient (Wildman–Crippen LogP) is 5.57. The molecule has 0 bridgehead atoms. The summed E-state index contributed by atoms with van der Waals surface area (Å²) >= 11 is 0. The fourth-order valence-corrected chi connectivity index (χ4v) is 3.84. The number of quaternary nitrogens is 1. The lowest BCUT2D eigenvalue weighted by Crippen LogP contribution is -2.52. The second-order valence-corrected chi connectivity index (χ2v) is 6.10. The van der Waals surface area contributed by atoms with Gasteiger partial charge in [-0.25, -0.2) is 0 Å². The fourth-order valence-electron chi connectivity index (χ4n) is 3.84. The average Bonchev–Trinajstić information content (AvgIpc) is 2.46. The highest BCUT2D eigenvalue weighted by Crippen LogP contribution is 2.34. The second-order valence-electron chi connectivity index (χ2n) is 6.10. The van der Waals surface area contributed by atoms with Gasteiger partial charge in [-0.15, -0.1) is 0 Å². The molecule has 0 aliphatic carbocycles. The Morgan fingerprint density at radius 3 is 1.65 bits per heavy atom. The first-order valence-corrected chi connectivity index (χ1v) is 8.64. The Balaban J connectivity index is 3.14. The van der Waals surface area contributed by atoms with Gasteiger partial charge in [0, 0.05) is 12.0 Å². The van der Waals surface area contributed by atoms with Gasteiger partial charge in [-0.05, 0) is 19.3 Å². The largest absolute Gasteiger partial charge is 0.317 e. The molecule has 0 fully saturated rings.